The normalized spacial score (nSPS) is 11.3. The molecule has 0 saturated heterocycles. The van der Waals surface area contributed by atoms with Crippen molar-refractivity contribution < 1.29 is 14.3 Å². The van der Waals surface area contributed by atoms with E-state index < -0.39 is 6.04 Å². The van der Waals surface area contributed by atoms with Crippen LogP contribution in [0.25, 0.3) is 0 Å². The molecule has 0 aliphatic rings. The highest BCUT2D eigenvalue weighted by atomic mass is 35.5. The van der Waals surface area contributed by atoms with Crippen molar-refractivity contribution in [2.24, 2.45) is 5.73 Å². The van der Waals surface area contributed by atoms with Crippen LogP contribution >= 0.6 is 35.6 Å². The Morgan fingerprint density at radius 1 is 1.11 bits per heavy atom. The number of nitrogens with one attached hydrogen (secondary N) is 1. The van der Waals surface area contributed by atoms with Crippen LogP contribution in [0.3, 0.4) is 0 Å². The Labute approximate surface area is 175 Å². The molecule has 0 aliphatic heterocycles. The fourth-order valence-electron chi connectivity index (χ4n) is 2.51. The first kappa shape index (κ1) is 23.4. The van der Waals surface area contributed by atoms with Crippen LogP contribution in [0.4, 0.5) is 0 Å². The zero-order valence-electron chi connectivity index (χ0n) is 15.1. The molecule has 2 aromatic rings. The van der Waals surface area contributed by atoms with E-state index in [1.54, 1.807) is 32.4 Å². The van der Waals surface area contributed by atoms with Gasteiger partial charge < -0.3 is 20.5 Å². The molecule has 27 heavy (non-hydrogen) atoms. The van der Waals surface area contributed by atoms with E-state index >= 15 is 0 Å². The number of amides is 1. The lowest BCUT2D eigenvalue weighted by molar-refractivity contribution is -0.122. The van der Waals surface area contributed by atoms with E-state index in [4.69, 9.17) is 38.4 Å². The minimum Gasteiger partial charge on any atom is -0.493 e. The molecular formula is C19H23Cl3N2O3. The number of nitrogens with two attached hydrogens (primary N) is 1. The molecule has 2 aromatic carbocycles. The van der Waals surface area contributed by atoms with Crippen molar-refractivity contribution in [2.75, 3.05) is 20.8 Å². The second kappa shape index (κ2) is 11.2. The molecule has 2 rings (SSSR count). The number of carbonyl (C=O) groups is 1. The predicted octanol–water partition coefficient (Wildman–Crippen LogP) is 3.66. The van der Waals surface area contributed by atoms with Crippen molar-refractivity contribution in [3.63, 3.8) is 0 Å². The summed E-state index contributed by atoms with van der Waals surface area (Å²) < 4.78 is 10.5. The molecule has 0 fully saturated rings. The van der Waals surface area contributed by atoms with Crippen molar-refractivity contribution in [1.82, 2.24) is 5.32 Å². The Balaban J connectivity index is 0.00000364. The van der Waals surface area contributed by atoms with Gasteiger partial charge in [0.25, 0.3) is 0 Å². The van der Waals surface area contributed by atoms with Gasteiger partial charge in [-0.05, 0) is 48.2 Å². The fraction of sp³-hybridized carbons (Fsp3) is 0.316. The van der Waals surface area contributed by atoms with Gasteiger partial charge in [0.15, 0.2) is 11.5 Å². The summed E-state index contributed by atoms with van der Waals surface area (Å²) >= 11 is 12.0. The van der Waals surface area contributed by atoms with Crippen LogP contribution in [0.5, 0.6) is 11.5 Å². The quantitative estimate of drug-likeness (QED) is 0.666. The zero-order chi connectivity index (χ0) is 19.1. The van der Waals surface area contributed by atoms with Gasteiger partial charge in [0.2, 0.25) is 5.91 Å². The van der Waals surface area contributed by atoms with Crippen LogP contribution in [0.2, 0.25) is 10.0 Å². The molecule has 0 heterocycles. The Morgan fingerprint density at radius 3 is 2.44 bits per heavy atom. The molecular weight excluding hydrogens is 411 g/mol. The SMILES string of the molecule is COc1ccc(CCNC(=O)[C@H](N)Cc2ccc(Cl)cc2Cl)cc1OC.Cl. The smallest absolute Gasteiger partial charge is 0.237 e. The Hall–Kier alpha value is -1.66. The molecule has 1 amide bonds. The average molecular weight is 434 g/mol. The highest BCUT2D eigenvalue weighted by Gasteiger charge is 2.15. The summed E-state index contributed by atoms with van der Waals surface area (Å²) in [5.74, 6) is 1.10. The first-order valence-corrected chi connectivity index (χ1v) is 8.88. The maximum absolute atomic E-state index is 12.2. The molecule has 5 nitrogen and oxygen atoms in total. The van der Waals surface area contributed by atoms with Crippen LogP contribution in [0, 0.1) is 0 Å². The third-order valence-corrected chi connectivity index (χ3v) is 4.54. The van der Waals surface area contributed by atoms with Gasteiger partial charge >= 0.3 is 0 Å². The van der Waals surface area contributed by atoms with Crippen molar-refractivity contribution in [3.8, 4) is 11.5 Å². The van der Waals surface area contributed by atoms with Crippen molar-refractivity contribution >= 4 is 41.5 Å². The molecule has 0 aromatic heterocycles. The van der Waals surface area contributed by atoms with Gasteiger partial charge in [-0.3, -0.25) is 4.79 Å². The molecule has 0 unspecified atom stereocenters. The first-order chi connectivity index (χ1) is 12.4. The predicted molar refractivity (Wildman–Crippen MR) is 112 cm³/mol. The summed E-state index contributed by atoms with van der Waals surface area (Å²) in [6.07, 6.45) is 0.999. The summed E-state index contributed by atoms with van der Waals surface area (Å²) in [7, 11) is 3.18. The topological polar surface area (TPSA) is 73.6 Å². The molecule has 3 N–H and O–H groups in total. The van der Waals surface area contributed by atoms with E-state index in [2.05, 4.69) is 5.32 Å². The summed E-state index contributed by atoms with van der Waals surface area (Å²) in [5.41, 5.74) is 7.79. The standard InChI is InChI=1S/C19H22Cl2N2O3.ClH/c1-25-17-6-3-12(9-18(17)26-2)7-8-23-19(24)16(22)10-13-4-5-14(20)11-15(13)21;/h3-6,9,11,16H,7-8,10,22H2,1-2H3,(H,23,24);1H/t16-;/m1./s1. The molecule has 0 spiro atoms. The van der Waals surface area contributed by atoms with E-state index in [0.717, 1.165) is 11.1 Å². The van der Waals surface area contributed by atoms with Gasteiger partial charge in [-0.15, -0.1) is 12.4 Å². The van der Waals surface area contributed by atoms with Gasteiger partial charge in [-0.25, -0.2) is 0 Å². The number of methoxy groups -OCH3 is 2. The molecule has 0 aliphatic carbocycles. The lowest BCUT2D eigenvalue weighted by Gasteiger charge is -2.14. The number of benzene rings is 2. The van der Waals surface area contributed by atoms with Crippen LogP contribution in [0.15, 0.2) is 36.4 Å². The lowest BCUT2D eigenvalue weighted by Crippen LogP contribution is -2.42. The van der Waals surface area contributed by atoms with E-state index in [-0.39, 0.29) is 18.3 Å². The highest BCUT2D eigenvalue weighted by molar-refractivity contribution is 6.35. The maximum atomic E-state index is 12.2. The highest BCUT2D eigenvalue weighted by Crippen LogP contribution is 2.27. The summed E-state index contributed by atoms with van der Waals surface area (Å²) in [4.78, 5) is 12.2. The minimum atomic E-state index is -0.681. The van der Waals surface area contributed by atoms with Crippen molar-refractivity contribution in [3.05, 3.63) is 57.6 Å². The van der Waals surface area contributed by atoms with Gasteiger partial charge in [0.1, 0.15) is 0 Å². The lowest BCUT2D eigenvalue weighted by atomic mass is 10.1. The minimum absolute atomic E-state index is 0. The van der Waals surface area contributed by atoms with E-state index in [0.29, 0.717) is 40.9 Å². The molecule has 0 bridgehead atoms. The van der Waals surface area contributed by atoms with Crippen molar-refractivity contribution in [1.29, 1.82) is 0 Å². The van der Waals surface area contributed by atoms with Gasteiger partial charge in [0.05, 0.1) is 20.3 Å². The van der Waals surface area contributed by atoms with E-state index in [1.165, 1.54) is 0 Å². The van der Waals surface area contributed by atoms with Crippen LogP contribution < -0.4 is 20.5 Å². The molecule has 8 heteroatoms. The molecule has 148 valence electrons. The van der Waals surface area contributed by atoms with Crippen LogP contribution in [0.1, 0.15) is 11.1 Å². The van der Waals surface area contributed by atoms with Gasteiger partial charge in [-0.2, -0.15) is 0 Å². The summed E-state index contributed by atoms with van der Waals surface area (Å²) in [5, 5.41) is 3.90. The van der Waals surface area contributed by atoms with Crippen molar-refractivity contribution in [2.45, 2.75) is 18.9 Å². The fourth-order valence-corrected chi connectivity index (χ4v) is 3.00. The molecule has 1 atom stereocenters. The average Bonchev–Trinajstić information content (AvgIpc) is 2.63. The monoisotopic (exact) mass is 432 g/mol. The second-order valence-corrected chi connectivity index (χ2v) is 6.62. The number of carbonyl (C=O) groups excluding carboxylic acids is 1. The number of rotatable bonds is 8. The summed E-state index contributed by atoms with van der Waals surface area (Å²) in [6, 6.07) is 10.1. The van der Waals surface area contributed by atoms with Crippen LogP contribution in [-0.2, 0) is 17.6 Å². The zero-order valence-corrected chi connectivity index (χ0v) is 17.5. The number of hydrogen-bond donors (Lipinski definition) is 2. The maximum Gasteiger partial charge on any atom is 0.237 e. The van der Waals surface area contributed by atoms with E-state index in [9.17, 15) is 4.79 Å². The number of hydrogen-bond acceptors (Lipinski definition) is 4. The van der Waals surface area contributed by atoms with Gasteiger partial charge in [-0.1, -0.05) is 35.3 Å². The number of ether oxygens (including phenoxy) is 2. The van der Waals surface area contributed by atoms with Crippen LogP contribution in [-0.4, -0.2) is 32.7 Å². The molecule has 0 saturated carbocycles. The Bertz CT molecular complexity index is 772. The third kappa shape index (κ3) is 6.78. The largest absolute Gasteiger partial charge is 0.493 e. The Kier molecular flexibility index (Phi) is 9.74. The van der Waals surface area contributed by atoms with E-state index in [1.807, 2.05) is 18.2 Å². The Morgan fingerprint density at radius 2 is 1.81 bits per heavy atom. The second-order valence-electron chi connectivity index (χ2n) is 5.78. The molecule has 0 radical (unpaired) electrons. The number of halogens is 3. The summed E-state index contributed by atoms with van der Waals surface area (Å²) in [6.45, 7) is 0.469. The van der Waals surface area contributed by atoms with Gasteiger partial charge in [0, 0.05) is 16.6 Å². The third-order valence-electron chi connectivity index (χ3n) is 3.95. The first-order valence-electron chi connectivity index (χ1n) is 8.12.